The molecule has 0 atom stereocenters. The SMILES string of the molecule is c1ccc(-c2nc(-c3ccc(-c4c5ccccc5c(-c5ccc(-c6ccc7ccccc7c6)cc5)c5ccccc45)cc3)nc(-c3cccc4ccccc34)n2)cc1. The van der Waals surface area contributed by atoms with Gasteiger partial charge in [0.25, 0.3) is 0 Å². The Hall–Kier alpha value is -7.75. The number of nitrogens with zero attached hydrogens (tertiary/aromatic N) is 3. The zero-order valence-electron chi connectivity index (χ0n) is 31.5. The van der Waals surface area contributed by atoms with Crippen LogP contribution in [0.15, 0.2) is 212 Å². The molecule has 0 amide bonds. The minimum Gasteiger partial charge on any atom is -0.208 e. The fourth-order valence-corrected chi connectivity index (χ4v) is 8.50. The van der Waals surface area contributed by atoms with Crippen molar-refractivity contribution in [3.63, 3.8) is 0 Å². The van der Waals surface area contributed by atoms with E-state index in [4.69, 9.17) is 15.0 Å². The third kappa shape index (κ3) is 5.89. The van der Waals surface area contributed by atoms with Crippen molar-refractivity contribution in [2.45, 2.75) is 0 Å². The Kier molecular flexibility index (Phi) is 8.15. The van der Waals surface area contributed by atoms with Crippen LogP contribution in [0.1, 0.15) is 0 Å². The van der Waals surface area contributed by atoms with Gasteiger partial charge in [0.05, 0.1) is 0 Å². The van der Waals surface area contributed by atoms with Crippen molar-refractivity contribution in [3.8, 4) is 67.5 Å². The van der Waals surface area contributed by atoms with Crippen LogP contribution in [0.3, 0.4) is 0 Å². The van der Waals surface area contributed by atoms with E-state index in [2.05, 4.69) is 182 Å². The lowest BCUT2D eigenvalue weighted by atomic mass is 9.85. The summed E-state index contributed by atoms with van der Waals surface area (Å²) < 4.78 is 0. The molecule has 0 aliphatic carbocycles. The van der Waals surface area contributed by atoms with Gasteiger partial charge in [0, 0.05) is 16.7 Å². The number of benzene rings is 10. The molecule has 11 aromatic rings. The molecule has 0 saturated carbocycles. The first-order valence-electron chi connectivity index (χ1n) is 19.7. The Bertz CT molecular complexity index is 3250. The quantitative estimate of drug-likeness (QED) is 0.160. The molecule has 10 aromatic carbocycles. The van der Waals surface area contributed by atoms with E-state index in [1.165, 1.54) is 60.1 Å². The van der Waals surface area contributed by atoms with E-state index in [1.807, 2.05) is 30.3 Å². The minimum atomic E-state index is 0.639. The van der Waals surface area contributed by atoms with Gasteiger partial charge >= 0.3 is 0 Å². The van der Waals surface area contributed by atoms with Gasteiger partial charge in [-0.15, -0.1) is 0 Å². The second kappa shape index (κ2) is 14.1. The number of fused-ring (bicyclic) bond motifs is 4. The summed E-state index contributed by atoms with van der Waals surface area (Å²) in [5.74, 6) is 1.94. The van der Waals surface area contributed by atoms with Crippen LogP contribution in [0.5, 0.6) is 0 Å². The van der Waals surface area contributed by atoms with E-state index in [0.717, 1.165) is 33.0 Å². The second-order valence-corrected chi connectivity index (χ2v) is 14.8. The van der Waals surface area contributed by atoms with Crippen LogP contribution in [-0.2, 0) is 0 Å². The largest absolute Gasteiger partial charge is 0.208 e. The van der Waals surface area contributed by atoms with Crippen LogP contribution in [-0.4, -0.2) is 15.0 Å². The van der Waals surface area contributed by atoms with Crippen LogP contribution in [0.2, 0.25) is 0 Å². The van der Waals surface area contributed by atoms with Gasteiger partial charge in [0.1, 0.15) is 0 Å². The van der Waals surface area contributed by atoms with E-state index >= 15 is 0 Å². The molecule has 1 heterocycles. The molecule has 3 heteroatoms. The number of hydrogen-bond acceptors (Lipinski definition) is 3. The maximum Gasteiger partial charge on any atom is 0.164 e. The Morgan fingerprint density at radius 1 is 0.224 bits per heavy atom. The standard InChI is InChI=1S/C55H35N3/c1-2-15-41(16-3-1)53-56-54(58-55(57-53)50-24-12-18-38-14-6-7-19-45(38)50)42-32-30-40(31-33-42)52-48-22-10-8-20-46(48)51(47-21-9-11-23-49(47)52)39-28-25-37(26-29-39)44-34-27-36-13-4-5-17-43(36)35-44/h1-35H. The normalized spacial score (nSPS) is 11.4. The molecule has 11 rings (SSSR count). The average Bonchev–Trinajstić information content (AvgIpc) is 3.30. The van der Waals surface area contributed by atoms with Crippen molar-refractivity contribution >= 4 is 43.1 Å². The monoisotopic (exact) mass is 737 g/mol. The first-order valence-corrected chi connectivity index (χ1v) is 19.7. The van der Waals surface area contributed by atoms with Gasteiger partial charge in [-0.2, -0.15) is 0 Å². The minimum absolute atomic E-state index is 0.639. The van der Waals surface area contributed by atoms with Crippen molar-refractivity contribution in [1.82, 2.24) is 15.0 Å². The fourth-order valence-electron chi connectivity index (χ4n) is 8.50. The molecule has 0 fully saturated rings. The Balaban J connectivity index is 1.02. The highest BCUT2D eigenvalue weighted by Gasteiger charge is 2.18. The van der Waals surface area contributed by atoms with Gasteiger partial charge in [0.2, 0.25) is 0 Å². The van der Waals surface area contributed by atoms with Crippen molar-refractivity contribution in [1.29, 1.82) is 0 Å². The van der Waals surface area contributed by atoms with Crippen LogP contribution < -0.4 is 0 Å². The van der Waals surface area contributed by atoms with E-state index in [9.17, 15) is 0 Å². The predicted molar refractivity (Wildman–Crippen MR) is 242 cm³/mol. The smallest absolute Gasteiger partial charge is 0.164 e. The van der Waals surface area contributed by atoms with E-state index in [1.54, 1.807) is 0 Å². The molecule has 0 saturated heterocycles. The summed E-state index contributed by atoms with van der Waals surface area (Å²) >= 11 is 0. The molecule has 0 N–H and O–H groups in total. The Morgan fingerprint density at radius 3 is 1.24 bits per heavy atom. The highest BCUT2D eigenvalue weighted by Crippen LogP contribution is 2.44. The molecule has 270 valence electrons. The third-order valence-electron chi connectivity index (χ3n) is 11.3. The first kappa shape index (κ1) is 33.6. The van der Waals surface area contributed by atoms with E-state index in [0.29, 0.717) is 17.5 Å². The molecular formula is C55H35N3. The van der Waals surface area contributed by atoms with Crippen LogP contribution in [0.4, 0.5) is 0 Å². The van der Waals surface area contributed by atoms with Crippen molar-refractivity contribution in [3.05, 3.63) is 212 Å². The van der Waals surface area contributed by atoms with E-state index < -0.39 is 0 Å². The zero-order chi connectivity index (χ0) is 38.4. The molecule has 0 aliphatic heterocycles. The molecule has 3 nitrogen and oxygen atoms in total. The van der Waals surface area contributed by atoms with Gasteiger partial charge in [-0.05, 0) is 82.5 Å². The molecule has 0 spiro atoms. The second-order valence-electron chi connectivity index (χ2n) is 14.8. The predicted octanol–water partition coefficient (Wildman–Crippen LogP) is 14.5. The Morgan fingerprint density at radius 2 is 0.638 bits per heavy atom. The van der Waals surface area contributed by atoms with Crippen LogP contribution in [0, 0.1) is 0 Å². The van der Waals surface area contributed by atoms with Gasteiger partial charge in [-0.25, -0.2) is 15.0 Å². The first-order chi connectivity index (χ1) is 28.7. The number of rotatable bonds is 6. The van der Waals surface area contributed by atoms with Crippen LogP contribution >= 0.6 is 0 Å². The molecule has 58 heavy (non-hydrogen) atoms. The summed E-state index contributed by atoms with van der Waals surface area (Å²) in [5.41, 5.74) is 10.1. The summed E-state index contributed by atoms with van der Waals surface area (Å²) in [7, 11) is 0. The molecule has 0 bridgehead atoms. The zero-order valence-corrected chi connectivity index (χ0v) is 31.5. The summed E-state index contributed by atoms with van der Waals surface area (Å²) in [6.07, 6.45) is 0. The lowest BCUT2D eigenvalue weighted by molar-refractivity contribution is 1.08. The topological polar surface area (TPSA) is 38.7 Å². The van der Waals surface area contributed by atoms with Crippen LogP contribution in [0.25, 0.3) is 111 Å². The Labute approximate surface area is 336 Å². The highest BCUT2D eigenvalue weighted by molar-refractivity contribution is 6.21. The van der Waals surface area contributed by atoms with Gasteiger partial charge < -0.3 is 0 Å². The molecule has 1 aromatic heterocycles. The van der Waals surface area contributed by atoms with Crippen molar-refractivity contribution in [2.24, 2.45) is 0 Å². The third-order valence-corrected chi connectivity index (χ3v) is 11.3. The summed E-state index contributed by atoms with van der Waals surface area (Å²) in [6.45, 7) is 0. The summed E-state index contributed by atoms with van der Waals surface area (Å²) in [5, 5.41) is 9.65. The summed E-state index contributed by atoms with van der Waals surface area (Å²) in [4.78, 5) is 15.2. The molecule has 0 aliphatic rings. The number of aromatic nitrogens is 3. The molecule has 0 unspecified atom stereocenters. The van der Waals surface area contributed by atoms with Crippen molar-refractivity contribution < 1.29 is 0 Å². The number of hydrogen-bond donors (Lipinski definition) is 0. The van der Waals surface area contributed by atoms with E-state index in [-0.39, 0.29) is 0 Å². The lowest BCUT2D eigenvalue weighted by Gasteiger charge is -2.18. The fraction of sp³-hybridized carbons (Fsp3) is 0. The average molecular weight is 738 g/mol. The van der Waals surface area contributed by atoms with Gasteiger partial charge in [-0.1, -0.05) is 206 Å². The van der Waals surface area contributed by atoms with Gasteiger partial charge in [0.15, 0.2) is 17.5 Å². The summed E-state index contributed by atoms with van der Waals surface area (Å²) in [6, 6.07) is 75.5. The molecular weight excluding hydrogens is 703 g/mol. The van der Waals surface area contributed by atoms with Gasteiger partial charge in [-0.3, -0.25) is 0 Å². The highest BCUT2D eigenvalue weighted by atomic mass is 15.0. The maximum absolute atomic E-state index is 5.11. The lowest BCUT2D eigenvalue weighted by Crippen LogP contribution is -2.00. The van der Waals surface area contributed by atoms with Crippen molar-refractivity contribution in [2.75, 3.05) is 0 Å². The maximum atomic E-state index is 5.11. The molecule has 0 radical (unpaired) electrons.